The van der Waals surface area contributed by atoms with Gasteiger partial charge < -0.3 is 4.74 Å². The number of hydrazone groups is 1. The van der Waals surface area contributed by atoms with Gasteiger partial charge in [0.05, 0.1) is 23.0 Å². The third-order valence-corrected chi connectivity index (χ3v) is 5.67. The molecule has 0 aliphatic carbocycles. The van der Waals surface area contributed by atoms with Gasteiger partial charge >= 0.3 is 5.97 Å². The molecule has 0 amide bonds. The van der Waals surface area contributed by atoms with Crippen LogP contribution in [0.15, 0.2) is 90.0 Å². The third-order valence-electron chi connectivity index (χ3n) is 5.67. The number of nitrogens with zero attached hydrogens (tertiary/aromatic N) is 2. The molecule has 0 radical (unpaired) electrons. The summed E-state index contributed by atoms with van der Waals surface area (Å²) in [6.45, 7) is 6.63. The van der Waals surface area contributed by atoms with Crippen LogP contribution in [0, 0.1) is 12.3 Å². The van der Waals surface area contributed by atoms with E-state index in [1.165, 1.54) is 5.56 Å². The SMILES string of the molecule is Cc1ccc(N2N=C(c3ccccc3)C(C)(C)C2COC(=O)c2ccccc2)cc1. The molecule has 4 heteroatoms. The number of anilines is 1. The van der Waals surface area contributed by atoms with E-state index in [0.29, 0.717) is 5.56 Å². The summed E-state index contributed by atoms with van der Waals surface area (Å²) in [6.07, 6.45) is 0. The largest absolute Gasteiger partial charge is 0.460 e. The first kappa shape index (κ1) is 19.9. The van der Waals surface area contributed by atoms with Crippen LogP contribution in [0.3, 0.4) is 0 Å². The Morgan fingerprint density at radius 2 is 1.53 bits per heavy atom. The van der Waals surface area contributed by atoms with Crippen molar-refractivity contribution < 1.29 is 9.53 Å². The van der Waals surface area contributed by atoms with Crippen molar-refractivity contribution in [3.63, 3.8) is 0 Å². The van der Waals surface area contributed by atoms with Crippen molar-refractivity contribution in [1.82, 2.24) is 0 Å². The van der Waals surface area contributed by atoms with Crippen molar-refractivity contribution in [2.45, 2.75) is 26.8 Å². The summed E-state index contributed by atoms with van der Waals surface area (Å²) < 4.78 is 5.75. The van der Waals surface area contributed by atoms with Crippen LogP contribution in [0.4, 0.5) is 5.69 Å². The molecule has 30 heavy (non-hydrogen) atoms. The zero-order chi connectivity index (χ0) is 21.1. The lowest BCUT2D eigenvalue weighted by Gasteiger charge is -2.32. The predicted octanol–water partition coefficient (Wildman–Crippen LogP) is 5.47. The highest BCUT2D eigenvalue weighted by molar-refractivity contribution is 6.07. The van der Waals surface area contributed by atoms with Gasteiger partial charge in [-0.25, -0.2) is 4.79 Å². The summed E-state index contributed by atoms with van der Waals surface area (Å²) in [5, 5.41) is 7.00. The summed E-state index contributed by atoms with van der Waals surface area (Å²) in [7, 11) is 0. The molecule has 1 atom stereocenters. The maximum atomic E-state index is 12.6. The smallest absolute Gasteiger partial charge is 0.338 e. The Balaban J connectivity index is 1.65. The van der Waals surface area contributed by atoms with Crippen LogP contribution in [0.25, 0.3) is 0 Å². The third kappa shape index (κ3) is 3.86. The fraction of sp³-hybridized carbons (Fsp3) is 0.231. The molecular weight excluding hydrogens is 372 g/mol. The fourth-order valence-corrected chi connectivity index (χ4v) is 3.82. The van der Waals surface area contributed by atoms with Gasteiger partial charge in [0.15, 0.2) is 0 Å². The van der Waals surface area contributed by atoms with Crippen LogP contribution in [-0.4, -0.2) is 24.3 Å². The molecule has 1 heterocycles. The lowest BCUT2D eigenvalue weighted by Crippen LogP contribution is -2.44. The van der Waals surface area contributed by atoms with Crippen molar-refractivity contribution in [1.29, 1.82) is 0 Å². The first-order valence-corrected chi connectivity index (χ1v) is 10.2. The van der Waals surface area contributed by atoms with Gasteiger partial charge in [0.25, 0.3) is 0 Å². The minimum Gasteiger partial charge on any atom is -0.460 e. The molecule has 0 saturated carbocycles. The van der Waals surface area contributed by atoms with Crippen LogP contribution in [-0.2, 0) is 4.74 Å². The van der Waals surface area contributed by atoms with Gasteiger partial charge in [-0.3, -0.25) is 5.01 Å². The minimum atomic E-state index is -0.316. The van der Waals surface area contributed by atoms with Crippen molar-refractivity contribution in [3.8, 4) is 0 Å². The minimum absolute atomic E-state index is 0.122. The first-order valence-electron chi connectivity index (χ1n) is 10.2. The number of aryl methyl sites for hydroxylation is 1. The van der Waals surface area contributed by atoms with E-state index in [1.807, 2.05) is 41.4 Å². The second-order valence-electron chi connectivity index (χ2n) is 8.20. The molecule has 0 bridgehead atoms. The van der Waals surface area contributed by atoms with E-state index in [4.69, 9.17) is 9.84 Å². The Labute approximate surface area is 177 Å². The number of benzene rings is 3. The second-order valence-corrected chi connectivity index (χ2v) is 8.20. The average Bonchev–Trinajstić information content (AvgIpc) is 3.04. The molecule has 4 nitrogen and oxygen atoms in total. The molecule has 0 aromatic heterocycles. The van der Waals surface area contributed by atoms with Gasteiger partial charge in [-0.05, 0) is 36.8 Å². The predicted molar refractivity (Wildman–Crippen MR) is 121 cm³/mol. The van der Waals surface area contributed by atoms with Gasteiger partial charge in [0.2, 0.25) is 0 Å². The Morgan fingerprint density at radius 1 is 0.933 bits per heavy atom. The Bertz CT molecular complexity index is 1040. The highest BCUT2D eigenvalue weighted by atomic mass is 16.5. The lowest BCUT2D eigenvalue weighted by atomic mass is 9.78. The topological polar surface area (TPSA) is 41.9 Å². The lowest BCUT2D eigenvalue weighted by molar-refractivity contribution is 0.0450. The van der Waals surface area contributed by atoms with Crippen LogP contribution < -0.4 is 5.01 Å². The van der Waals surface area contributed by atoms with Gasteiger partial charge in [0.1, 0.15) is 6.61 Å². The van der Waals surface area contributed by atoms with Crippen LogP contribution in [0.2, 0.25) is 0 Å². The first-order chi connectivity index (χ1) is 14.5. The van der Waals surface area contributed by atoms with Gasteiger partial charge in [-0.2, -0.15) is 5.10 Å². The quantitative estimate of drug-likeness (QED) is 0.535. The highest BCUT2D eigenvalue weighted by Gasteiger charge is 2.46. The second kappa shape index (κ2) is 8.15. The molecule has 1 aliphatic heterocycles. The molecule has 152 valence electrons. The number of hydrogen-bond donors (Lipinski definition) is 0. The molecular formula is C26H26N2O2. The summed E-state index contributed by atoms with van der Waals surface area (Å²) in [6, 6.07) is 27.5. The molecule has 0 fully saturated rings. The molecule has 3 aromatic carbocycles. The molecule has 4 rings (SSSR count). The van der Waals surface area contributed by atoms with E-state index in [-0.39, 0.29) is 24.0 Å². The van der Waals surface area contributed by atoms with E-state index in [9.17, 15) is 4.79 Å². The zero-order valence-corrected chi connectivity index (χ0v) is 17.6. The summed E-state index contributed by atoms with van der Waals surface area (Å²) >= 11 is 0. The molecule has 1 aliphatic rings. The Morgan fingerprint density at radius 3 is 2.17 bits per heavy atom. The van der Waals surface area contributed by atoms with E-state index >= 15 is 0 Å². The summed E-state index contributed by atoms with van der Waals surface area (Å²) in [5.41, 5.74) is 4.49. The van der Waals surface area contributed by atoms with E-state index < -0.39 is 0 Å². The van der Waals surface area contributed by atoms with Crippen LogP contribution in [0.5, 0.6) is 0 Å². The van der Waals surface area contributed by atoms with E-state index in [0.717, 1.165) is 17.0 Å². The van der Waals surface area contributed by atoms with Crippen molar-refractivity contribution in [2.75, 3.05) is 11.6 Å². The normalized spacial score (nSPS) is 17.5. The van der Waals surface area contributed by atoms with Crippen molar-refractivity contribution in [2.24, 2.45) is 10.5 Å². The van der Waals surface area contributed by atoms with Gasteiger partial charge in [-0.1, -0.05) is 80.1 Å². The average molecular weight is 399 g/mol. The molecule has 0 spiro atoms. The number of ether oxygens (including phenoxy) is 1. The Kier molecular flexibility index (Phi) is 5.40. The molecule has 0 saturated heterocycles. The van der Waals surface area contributed by atoms with Gasteiger partial charge in [-0.15, -0.1) is 0 Å². The number of esters is 1. The van der Waals surface area contributed by atoms with Crippen LogP contribution in [0.1, 0.15) is 35.3 Å². The number of hydrogen-bond acceptors (Lipinski definition) is 4. The molecule has 3 aromatic rings. The summed E-state index contributed by atoms with van der Waals surface area (Å²) in [5.74, 6) is -0.316. The Hall–Kier alpha value is -3.40. The number of carbonyl (C=O) groups is 1. The summed E-state index contributed by atoms with van der Waals surface area (Å²) in [4.78, 5) is 12.6. The van der Waals surface area contributed by atoms with Crippen molar-refractivity contribution >= 4 is 17.4 Å². The van der Waals surface area contributed by atoms with Crippen molar-refractivity contribution in [3.05, 3.63) is 102 Å². The van der Waals surface area contributed by atoms with E-state index in [2.05, 4.69) is 57.2 Å². The fourth-order valence-electron chi connectivity index (χ4n) is 3.82. The number of carbonyl (C=O) groups excluding carboxylic acids is 1. The highest BCUT2D eigenvalue weighted by Crippen LogP contribution is 2.39. The maximum absolute atomic E-state index is 12.6. The maximum Gasteiger partial charge on any atom is 0.338 e. The monoisotopic (exact) mass is 398 g/mol. The molecule has 1 unspecified atom stereocenters. The van der Waals surface area contributed by atoms with Gasteiger partial charge in [0, 0.05) is 5.41 Å². The zero-order valence-electron chi connectivity index (χ0n) is 17.6. The van der Waals surface area contributed by atoms with E-state index in [1.54, 1.807) is 12.1 Å². The molecule has 0 N–H and O–H groups in total. The number of rotatable bonds is 5. The van der Waals surface area contributed by atoms with Crippen LogP contribution >= 0.6 is 0 Å². The standard InChI is InChI=1S/C26H26N2O2/c1-19-14-16-22(17-15-19)28-23(18-30-25(29)21-12-8-5-9-13-21)26(2,3)24(27-28)20-10-6-4-7-11-20/h4-17,23H,18H2,1-3H3.